The Morgan fingerprint density at radius 3 is 2.79 bits per heavy atom. The highest BCUT2D eigenvalue weighted by molar-refractivity contribution is 6.18. The topological polar surface area (TPSA) is 21.1 Å². The molecule has 2 rings (SSSR count). The first kappa shape index (κ1) is 14.4. The lowest BCUT2D eigenvalue weighted by Crippen LogP contribution is -2.26. The Labute approximate surface area is 120 Å². The molecule has 0 N–H and O–H groups in total. The Bertz CT molecular complexity index is 521. The molecule has 0 bridgehead atoms. The van der Waals surface area contributed by atoms with E-state index in [1.165, 1.54) is 23.7 Å². The van der Waals surface area contributed by atoms with Gasteiger partial charge in [-0.1, -0.05) is 31.5 Å². The van der Waals surface area contributed by atoms with Crippen LogP contribution in [0.2, 0.25) is 0 Å². The van der Waals surface area contributed by atoms with Gasteiger partial charge < -0.3 is 0 Å². The van der Waals surface area contributed by atoms with Crippen molar-refractivity contribution in [2.75, 3.05) is 19.0 Å². The molecule has 1 aromatic carbocycles. The molecule has 0 aliphatic rings. The largest absolute Gasteiger partial charge is 0.296 e. The molecule has 0 atom stereocenters. The Morgan fingerprint density at radius 2 is 2.05 bits per heavy atom. The number of alkyl halides is 1. The van der Waals surface area contributed by atoms with E-state index in [9.17, 15) is 0 Å². The summed E-state index contributed by atoms with van der Waals surface area (Å²) in [5, 5.41) is 5.90. The van der Waals surface area contributed by atoms with Crippen molar-refractivity contribution in [1.82, 2.24) is 14.7 Å². The number of unbranched alkanes of at least 4 members (excludes halogenated alkanes) is 1. The molecule has 0 saturated carbocycles. The summed E-state index contributed by atoms with van der Waals surface area (Å²) in [7, 11) is 2.00. The molecule has 0 unspecified atom stereocenters. The molecule has 0 fully saturated rings. The van der Waals surface area contributed by atoms with Gasteiger partial charge in [0, 0.05) is 31.4 Å². The SMILES string of the molecule is CCCCN(CCCl)Cc1nn(C)c2ccccc12. The molecule has 0 saturated heterocycles. The fraction of sp³-hybridized carbons (Fsp3) is 0.533. The standard InChI is InChI=1S/C15H22ClN3/c1-3-4-10-19(11-9-16)12-14-13-7-5-6-8-15(13)18(2)17-14/h5-8H,3-4,9-12H2,1-2H3. The van der Waals surface area contributed by atoms with Crippen molar-refractivity contribution in [3.63, 3.8) is 0 Å². The molecule has 19 heavy (non-hydrogen) atoms. The fourth-order valence-electron chi connectivity index (χ4n) is 2.39. The van der Waals surface area contributed by atoms with Crippen molar-refractivity contribution >= 4 is 22.5 Å². The van der Waals surface area contributed by atoms with Gasteiger partial charge in [0.15, 0.2) is 0 Å². The first-order chi connectivity index (χ1) is 9.26. The van der Waals surface area contributed by atoms with Crippen LogP contribution in [-0.2, 0) is 13.6 Å². The van der Waals surface area contributed by atoms with Gasteiger partial charge in [-0.25, -0.2) is 0 Å². The number of benzene rings is 1. The van der Waals surface area contributed by atoms with E-state index in [1.54, 1.807) is 0 Å². The molecule has 0 radical (unpaired) electrons. The highest BCUT2D eigenvalue weighted by atomic mass is 35.5. The molecule has 104 valence electrons. The smallest absolute Gasteiger partial charge is 0.0843 e. The Hall–Kier alpha value is -1.06. The number of hydrogen-bond acceptors (Lipinski definition) is 2. The Balaban J connectivity index is 2.18. The minimum Gasteiger partial charge on any atom is -0.296 e. The van der Waals surface area contributed by atoms with Crippen LogP contribution in [-0.4, -0.2) is 33.6 Å². The molecule has 4 heteroatoms. The van der Waals surface area contributed by atoms with Crippen LogP contribution in [0, 0.1) is 0 Å². The summed E-state index contributed by atoms with van der Waals surface area (Å²) in [4.78, 5) is 2.39. The zero-order valence-corrected chi connectivity index (χ0v) is 12.5. The maximum absolute atomic E-state index is 5.90. The Kier molecular flexibility index (Phi) is 5.23. The molecule has 3 nitrogen and oxygen atoms in total. The predicted octanol–water partition coefficient (Wildman–Crippen LogP) is 3.41. The lowest BCUT2D eigenvalue weighted by atomic mass is 10.2. The van der Waals surface area contributed by atoms with Crippen molar-refractivity contribution in [3.8, 4) is 0 Å². The third-order valence-electron chi connectivity index (χ3n) is 3.44. The van der Waals surface area contributed by atoms with Crippen molar-refractivity contribution in [1.29, 1.82) is 0 Å². The maximum Gasteiger partial charge on any atom is 0.0843 e. The normalized spacial score (nSPS) is 11.6. The van der Waals surface area contributed by atoms with Crippen molar-refractivity contribution in [2.45, 2.75) is 26.3 Å². The summed E-state index contributed by atoms with van der Waals surface area (Å²) < 4.78 is 1.96. The molecular weight excluding hydrogens is 258 g/mol. The van der Waals surface area contributed by atoms with E-state index < -0.39 is 0 Å². The van der Waals surface area contributed by atoms with E-state index in [1.807, 2.05) is 11.7 Å². The number of fused-ring (bicyclic) bond motifs is 1. The summed E-state index contributed by atoms with van der Waals surface area (Å²) in [5.74, 6) is 0.675. The van der Waals surface area contributed by atoms with Gasteiger partial charge in [-0.2, -0.15) is 5.10 Å². The van der Waals surface area contributed by atoms with Crippen LogP contribution in [0.1, 0.15) is 25.5 Å². The monoisotopic (exact) mass is 279 g/mol. The lowest BCUT2D eigenvalue weighted by Gasteiger charge is -2.19. The Morgan fingerprint density at radius 1 is 1.26 bits per heavy atom. The highest BCUT2D eigenvalue weighted by Crippen LogP contribution is 2.19. The van der Waals surface area contributed by atoms with Gasteiger partial charge >= 0.3 is 0 Å². The van der Waals surface area contributed by atoms with Gasteiger partial charge in [-0.3, -0.25) is 9.58 Å². The quantitative estimate of drug-likeness (QED) is 0.724. The second-order valence-corrected chi connectivity index (χ2v) is 5.28. The van der Waals surface area contributed by atoms with Crippen molar-refractivity contribution in [3.05, 3.63) is 30.0 Å². The molecule has 0 aliphatic carbocycles. The van der Waals surface area contributed by atoms with Crippen LogP contribution in [0.4, 0.5) is 0 Å². The summed E-state index contributed by atoms with van der Waals surface area (Å²) in [5.41, 5.74) is 2.35. The number of hydrogen-bond donors (Lipinski definition) is 0. The molecular formula is C15H22ClN3. The predicted molar refractivity (Wildman–Crippen MR) is 81.6 cm³/mol. The van der Waals surface area contributed by atoms with E-state index in [-0.39, 0.29) is 0 Å². The third-order valence-corrected chi connectivity index (χ3v) is 3.61. The molecule has 0 amide bonds. The van der Waals surface area contributed by atoms with E-state index >= 15 is 0 Å². The van der Waals surface area contributed by atoms with Crippen LogP contribution in [0.5, 0.6) is 0 Å². The second-order valence-electron chi connectivity index (χ2n) is 4.91. The fourth-order valence-corrected chi connectivity index (χ4v) is 2.63. The van der Waals surface area contributed by atoms with Crippen LogP contribution < -0.4 is 0 Å². The third kappa shape index (κ3) is 3.48. The average molecular weight is 280 g/mol. The average Bonchev–Trinajstić information content (AvgIpc) is 2.74. The molecule has 2 aromatic rings. The van der Waals surface area contributed by atoms with Gasteiger partial charge in [0.25, 0.3) is 0 Å². The van der Waals surface area contributed by atoms with Crippen LogP contribution in [0.15, 0.2) is 24.3 Å². The lowest BCUT2D eigenvalue weighted by molar-refractivity contribution is 0.274. The first-order valence-electron chi connectivity index (χ1n) is 6.95. The summed E-state index contributed by atoms with van der Waals surface area (Å²) in [6.07, 6.45) is 2.42. The molecule has 0 aliphatic heterocycles. The molecule has 0 spiro atoms. The number of nitrogens with zero attached hydrogens (tertiary/aromatic N) is 3. The number of rotatable bonds is 7. The van der Waals surface area contributed by atoms with Crippen LogP contribution in [0.3, 0.4) is 0 Å². The minimum absolute atomic E-state index is 0.675. The second kappa shape index (κ2) is 6.92. The van der Waals surface area contributed by atoms with Gasteiger partial charge in [0.1, 0.15) is 0 Å². The van der Waals surface area contributed by atoms with Gasteiger partial charge in [0.2, 0.25) is 0 Å². The van der Waals surface area contributed by atoms with E-state index in [0.29, 0.717) is 5.88 Å². The van der Waals surface area contributed by atoms with E-state index in [4.69, 9.17) is 11.6 Å². The summed E-state index contributed by atoms with van der Waals surface area (Å²) in [6.45, 7) is 5.11. The maximum atomic E-state index is 5.90. The van der Waals surface area contributed by atoms with Crippen LogP contribution in [0.25, 0.3) is 10.9 Å². The van der Waals surface area contributed by atoms with E-state index in [2.05, 4.69) is 41.2 Å². The van der Waals surface area contributed by atoms with Crippen molar-refractivity contribution < 1.29 is 0 Å². The highest BCUT2D eigenvalue weighted by Gasteiger charge is 2.12. The first-order valence-corrected chi connectivity index (χ1v) is 7.48. The van der Waals surface area contributed by atoms with E-state index in [0.717, 1.165) is 25.3 Å². The minimum atomic E-state index is 0.675. The van der Waals surface area contributed by atoms with Crippen molar-refractivity contribution in [2.24, 2.45) is 7.05 Å². The van der Waals surface area contributed by atoms with Gasteiger partial charge in [0.05, 0.1) is 11.2 Å². The number of aromatic nitrogens is 2. The number of halogens is 1. The molecule has 1 heterocycles. The number of para-hydroxylation sites is 1. The summed E-state index contributed by atoms with van der Waals surface area (Å²) >= 11 is 5.90. The summed E-state index contributed by atoms with van der Waals surface area (Å²) in [6, 6.07) is 8.40. The number of aryl methyl sites for hydroxylation is 1. The van der Waals surface area contributed by atoms with Gasteiger partial charge in [-0.05, 0) is 19.0 Å². The molecule has 1 aromatic heterocycles. The van der Waals surface area contributed by atoms with Crippen LogP contribution >= 0.6 is 11.6 Å². The zero-order valence-electron chi connectivity index (χ0n) is 11.8. The van der Waals surface area contributed by atoms with Gasteiger partial charge in [-0.15, -0.1) is 11.6 Å². The zero-order chi connectivity index (χ0) is 13.7.